The first-order valence-electron chi connectivity index (χ1n) is 16.6. The number of hydrogen-bond donors (Lipinski definition) is 0. The highest BCUT2D eigenvalue weighted by molar-refractivity contribution is 6.31. The van der Waals surface area contributed by atoms with Crippen LogP contribution in [0.1, 0.15) is 100 Å². The van der Waals surface area contributed by atoms with Crippen molar-refractivity contribution < 1.29 is 33.3 Å². The fourth-order valence-corrected chi connectivity index (χ4v) is 9.47. The molecule has 7 nitrogen and oxygen atoms in total. The van der Waals surface area contributed by atoms with Crippen molar-refractivity contribution in [2.75, 3.05) is 19.8 Å². The molecule has 2 unspecified atom stereocenters. The average molecular weight is 674 g/mol. The third-order valence-electron chi connectivity index (χ3n) is 11.8. The first-order valence-corrected chi connectivity index (χ1v) is 17.3. The molecule has 2 saturated heterocycles. The molecular weight excluding hydrogens is 627 g/mol. The summed E-state index contributed by atoms with van der Waals surface area (Å²) in [7, 11) is 0. The van der Waals surface area contributed by atoms with E-state index in [0.717, 1.165) is 32.1 Å². The monoisotopic (exact) mass is 672 g/mol. The van der Waals surface area contributed by atoms with E-state index >= 15 is 0 Å². The summed E-state index contributed by atoms with van der Waals surface area (Å²) in [5, 5.41) is 1.10. The van der Waals surface area contributed by atoms with E-state index in [1.165, 1.54) is 0 Å². The molecule has 9 heteroatoms. The molecule has 2 aliphatic heterocycles. The first-order chi connectivity index (χ1) is 21.7. The maximum atomic E-state index is 13.2. The Hall–Kier alpha value is -2.16. The van der Waals surface area contributed by atoms with Gasteiger partial charge in [0.25, 0.3) is 0 Å². The third-order valence-corrected chi connectivity index (χ3v) is 12.3. The lowest BCUT2D eigenvalue weighted by Crippen LogP contribution is -2.69. The molecule has 46 heavy (non-hydrogen) atoms. The minimum absolute atomic E-state index is 0.0580. The number of hydrogen-bond acceptors (Lipinski definition) is 7. The second-order valence-electron chi connectivity index (χ2n) is 14.9. The van der Waals surface area contributed by atoms with Crippen molar-refractivity contribution in [3.05, 3.63) is 69.7 Å². The van der Waals surface area contributed by atoms with Crippen molar-refractivity contribution in [1.82, 2.24) is 0 Å². The van der Waals surface area contributed by atoms with Crippen LogP contribution in [-0.2, 0) is 23.7 Å². The fourth-order valence-electron chi connectivity index (χ4n) is 9.21. The fraction of sp³-hybridized carbons (Fsp3) is 0.622. The largest absolute Gasteiger partial charge is 0.462 e. The molecule has 4 fully saturated rings. The van der Waals surface area contributed by atoms with Crippen LogP contribution in [-0.4, -0.2) is 54.9 Å². The van der Waals surface area contributed by atoms with Gasteiger partial charge >= 0.3 is 11.9 Å². The molecule has 2 heterocycles. The summed E-state index contributed by atoms with van der Waals surface area (Å²) in [6.45, 7) is 11.9. The van der Waals surface area contributed by atoms with E-state index in [1.54, 1.807) is 48.5 Å². The van der Waals surface area contributed by atoms with Gasteiger partial charge in [0.05, 0.1) is 36.0 Å². The van der Waals surface area contributed by atoms with Crippen molar-refractivity contribution in [1.29, 1.82) is 0 Å². The molecule has 2 aromatic carbocycles. The van der Waals surface area contributed by atoms with Gasteiger partial charge in [-0.25, -0.2) is 9.59 Å². The summed E-state index contributed by atoms with van der Waals surface area (Å²) in [6, 6.07) is 13.3. The molecule has 250 valence electrons. The molecule has 4 aliphatic rings. The zero-order valence-electron chi connectivity index (χ0n) is 27.5. The van der Waals surface area contributed by atoms with Gasteiger partial charge in [-0.05, 0) is 113 Å². The summed E-state index contributed by atoms with van der Waals surface area (Å²) >= 11 is 12.1. The van der Waals surface area contributed by atoms with E-state index in [1.807, 2.05) is 13.8 Å². The molecule has 2 aliphatic carbocycles. The van der Waals surface area contributed by atoms with Gasteiger partial charge in [-0.3, -0.25) is 0 Å². The minimum atomic E-state index is -0.819. The van der Waals surface area contributed by atoms with Crippen molar-refractivity contribution in [3.63, 3.8) is 0 Å². The Balaban J connectivity index is 1.25. The predicted molar refractivity (Wildman–Crippen MR) is 176 cm³/mol. The SMILES string of the molecule is C[C@@H]1CCC2[C@]3(C)COC(C)(C)O[C@H]3CC[C@]2(C)[C@]12CCC(CCOC(=O)c1ccc(Cl)cc1)(COC(=O)c1ccc(Cl)cc1)O2. The molecule has 0 N–H and O–H groups in total. The summed E-state index contributed by atoms with van der Waals surface area (Å²) in [5.41, 5.74) is -0.695. The van der Waals surface area contributed by atoms with Gasteiger partial charge < -0.3 is 23.7 Å². The van der Waals surface area contributed by atoms with Crippen LogP contribution in [0.25, 0.3) is 0 Å². The lowest BCUT2D eigenvalue weighted by Gasteiger charge is -2.67. The van der Waals surface area contributed by atoms with E-state index in [2.05, 4.69) is 20.8 Å². The minimum Gasteiger partial charge on any atom is -0.462 e. The summed E-state index contributed by atoms with van der Waals surface area (Å²) in [5.74, 6) is -0.829. The van der Waals surface area contributed by atoms with E-state index < -0.39 is 28.9 Å². The Morgan fingerprint density at radius 2 is 1.43 bits per heavy atom. The van der Waals surface area contributed by atoms with E-state index in [0.29, 0.717) is 52.5 Å². The molecule has 7 atom stereocenters. The molecule has 1 spiro atoms. The van der Waals surface area contributed by atoms with Crippen LogP contribution in [0.5, 0.6) is 0 Å². The zero-order valence-corrected chi connectivity index (χ0v) is 29.0. The van der Waals surface area contributed by atoms with E-state index in [9.17, 15) is 9.59 Å². The molecule has 0 radical (unpaired) electrons. The van der Waals surface area contributed by atoms with Crippen LogP contribution in [0.2, 0.25) is 10.0 Å². The van der Waals surface area contributed by atoms with Gasteiger partial charge in [-0.15, -0.1) is 0 Å². The lowest BCUT2D eigenvalue weighted by atomic mass is 9.43. The lowest BCUT2D eigenvalue weighted by molar-refractivity contribution is -0.359. The maximum absolute atomic E-state index is 13.2. The molecule has 2 aromatic rings. The van der Waals surface area contributed by atoms with Gasteiger partial charge in [0.15, 0.2) is 5.79 Å². The Morgan fingerprint density at radius 3 is 2.07 bits per heavy atom. The quantitative estimate of drug-likeness (QED) is 0.272. The molecule has 0 amide bonds. The third kappa shape index (κ3) is 6.00. The number of rotatable bonds is 7. The molecule has 6 rings (SSSR count). The second-order valence-corrected chi connectivity index (χ2v) is 15.8. The molecular formula is C37H46Cl2O7. The number of carbonyl (C=O) groups excluding carboxylic acids is 2. The summed E-state index contributed by atoms with van der Waals surface area (Å²) in [4.78, 5) is 26.1. The topological polar surface area (TPSA) is 80.3 Å². The molecule has 2 saturated carbocycles. The number of ether oxygens (including phenoxy) is 5. The zero-order chi connectivity index (χ0) is 33.0. The first kappa shape index (κ1) is 33.7. The predicted octanol–water partition coefficient (Wildman–Crippen LogP) is 8.69. The van der Waals surface area contributed by atoms with Gasteiger partial charge in [0.1, 0.15) is 12.2 Å². The number of fused-ring (bicyclic) bond motifs is 4. The summed E-state index contributed by atoms with van der Waals surface area (Å²) < 4.78 is 32.0. The van der Waals surface area contributed by atoms with Crippen LogP contribution in [0.15, 0.2) is 48.5 Å². The van der Waals surface area contributed by atoms with Crippen molar-refractivity contribution in [3.8, 4) is 0 Å². The van der Waals surface area contributed by atoms with Gasteiger partial charge in [0.2, 0.25) is 0 Å². The van der Waals surface area contributed by atoms with E-state index in [-0.39, 0.29) is 30.1 Å². The highest BCUT2D eigenvalue weighted by atomic mass is 35.5. The smallest absolute Gasteiger partial charge is 0.338 e. The number of carbonyl (C=O) groups is 2. The average Bonchev–Trinajstić information content (AvgIpc) is 3.41. The van der Waals surface area contributed by atoms with Gasteiger partial charge in [-0.1, -0.05) is 44.0 Å². The number of esters is 2. The Morgan fingerprint density at radius 1 is 0.826 bits per heavy atom. The second kappa shape index (κ2) is 12.4. The normalized spacial score (nSPS) is 36.5. The Bertz CT molecular complexity index is 1440. The van der Waals surface area contributed by atoms with Crippen LogP contribution < -0.4 is 0 Å². The summed E-state index contributed by atoms with van der Waals surface area (Å²) in [6.07, 6.45) is 6.06. The van der Waals surface area contributed by atoms with Crippen LogP contribution in [0.3, 0.4) is 0 Å². The van der Waals surface area contributed by atoms with Gasteiger partial charge in [-0.2, -0.15) is 0 Å². The van der Waals surface area contributed by atoms with Crippen LogP contribution in [0.4, 0.5) is 0 Å². The van der Waals surface area contributed by atoms with E-state index in [4.69, 9.17) is 46.9 Å². The van der Waals surface area contributed by atoms with Crippen molar-refractivity contribution >= 4 is 35.1 Å². The Kier molecular flexibility index (Phi) is 9.08. The molecule has 0 aromatic heterocycles. The van der Waals surface area contributed by atoms with Crippen molar-refractivity contribution in [2.45, 2.75) is 103 Å². The number of benzene rings is 2. The van der Waals surface area contributed by atoms with Crippen LogP contribution >= 0.6 is 23.2 Å². The molecule has 0 bridgehead atoms. The van der Waals surface area contributed by atoms with Gasteiger partial charge in [0, 0.05) is 27.3 Å². The highest BCUT2D eigenvalue weighted by Crippen LogP contribution is 2.69. The standard InChI is InChI=1S/C37H46Cl2O7/c1-24-6-15-29-34(4)22-44-33(2,3)45-30(34)16-17-35(29,5)37(24)19-18-36(46-37,23-43-32(41)26-9-13-28(39)14-10-26)20-21-42-31(40)25-7-11-27(38)12-8-25/h7-14,24,29-30H,6,15-23H2,1-5H3/t24-,29?,30+,34+,35+,36?,37+/m1/s1. The highest BCUT2D eigenvalue weighted by Gasteiger charge is 2.70. The maximum Gasteiger partial charge on any atom is 0.338 e. The van der Waals surface area contributed by atoms with Crippen molar-refractivity contribution in [2.24, 2.45) is 22.7 Å². The van der Waals surface area contributed by atoms with Crippen LogP contribution in [0, 0.1) is 22.7 Å². The Labute approximate surface area is 282 Å². The number of halogens is 2.